The number of nitrogens with zero attached hydrogens (tertiary/aromatic N) is 3. The smallest absolute Gasteiger partial charge is 0.242 e. The lowest BCUT2D eigenvalue weighted by Crippen LogP contribution is -2.44. The van der Waals surface area contributed by atoms with Crippen LogP contribution >= 0.6 is 0 Å². The monoisotopic (exact) mass is 386 g/mol. The molecule has 1 unspecified atom stereocenters. The van der Waals surface area contributed by atoms with Crippen molar-refractivity contribution in [2.75, 3.05) is 13.1 Å². The Morgan fingerprint density at radius 2 is 2.07 bits per heavy atom. The summed E-state index contributed by atoms with van der Waals surface area (Å²) in [6, 6.07) is 7.42. The molecule has 2 heterocycles. The number of amides is 2. The van der Waals surface area contributed by atoms with Crippen LogP contribution in [0.25, 0.3) is 0 Å². The van der Waals surface area contributed by atoms with Gasteiger partial charge < -0.3 is 15.0 Å². The lowest BCUT2D eigenvalue weighted by molar-refractivity contribution is -0.136. The van der Waals surface area contributed by atoms with Gasteiger partial charge in [0, 0.05) is 25.2 Å². The Labute approximate surface area is 162 Å². The number of rotatable bonds is 5. The number of halogens is 1. The van der Waals surface area contributed by atoms with E-state index in [0.717, 1.165) is 12.8 Å². The second-order valence-electron chi connectivity index (χ2n) is 6.75. The molecule has 1 N–H and O–H groups in total. The van der Waals surface area contributed by atoms with E-state index in [1.165, 1.54) is 19.1 Å². The van der Waals surface area contributed by atoms with Crippen LogP contribution < -0.4 is 10.1 Å². The summed E-state index contributed by atoms with van der Waals surface area (Å²) >= 11 is 0. The van der Waals surface area contributed by atoms with E-state index in [0.29, 0.717) is 24.5 Å². The number of benzene rings is 1. The number of para-hydroxylation sites is 1. The molecule has 0 saturated carbocycles. The highest BCUT2D eigenvalue weighted by atomic mass is 19.1. The predicted molar refractivity (Wildman–Crippen MR) is 100 cm³/mol. The number of ether oxygens (including phenoxy) is 1. The van der Waals surface area contributed by atoms with Crippen molar-refractivity contribution in [2.45, 2.75) is 39.2 Å². The average Bonchev–Trinajstić information content (AvgIpc) is 2.67. The van der Waals surface area contributed by atoms with Crippen LogP contribution in [0.15, 0.2) is 30.3 Å². The highest BCUT2D eigenvalue weighted by Crippen LogP contribution is 2.31. The molecule has 1 aromatic heterocycles. The molecule has 3 rings (SSSR count). The molecule has 0 bridgehead atoms. The van der Waals surface area contributed by atoms with Gasteiger partial charge in [0.2, 0.25) is 17.7 Å². The number of hydrogen-bond acceptors (Lipinski definition) is 5. The van der Waals surface area contributed by atoms with Crippen LogP contribution in [0.1, 0.15) is 43.7 Å². The van der Waals surface area contributed by atoms with Crippen LogP contribution in [0.4, 0.5) is 4.39 Å². The van der Waals surface area contributed by atoms with E-state index in [1.807, 2.05) is 0 Å². The van der Waals surface area contributed by atoms with E-state index in [1.54, 1.807) is 30.0 Å². The van der Waals surface area contributed by atoms with Crippen molar-refractivity contribution in [2.24, 2.45) is 0 Å². The third-order valence-electron chi connectivity index (χ3n) is 4.51. The molecule has 7 nitrogen and oxygen atoms in total. The summed E-state index contributed by atoms with van der Waals surface area (Å²) in [7, 11) is 0. The van der Waals surface area contributed by atoms with Crippen LogP contribution in [0.2, 0.25) is 0 Å². The molecule has 2 amide bonds. The molecular formula is C20H23FN4O3. The van der Waals surface area contributed by atoms with Crippen LogP contribution in [0, 0.1) is 12.7 Å². The van der Waals surface area contributed by atoms with E-state index in [-0.39, 0.29) is 36.0 Å². The Balaban J connectivity index is 1.84. The maximum Gasteiger partial charge on any atom is 0.242 e. The molecule has 148 valence electrons. The standard InChI is InChI=1S/C20H23FN4O3/c1-13-11-18(28-17-9-4-3-7-15(17)21)24-20(23-13)16-8-5-6-10-25(16)19(27)12-22-14(2)26/h3-4,7,9,11,16H,5-6,8,10,12H2,1-2H3,(H,22,26). The minimum absolute atomic E-state index is 0.0593. The van der Waals surface area contributed by atoms with Gasteiger partial charge in [0.25, 0.3) is 0 Å². The Morgan fingerprint density at radius 3 is 2.82 bits per heavy atom. The quantitative estimate of drug-likeness (QED) is 0.854. The predicted octanol–water partition coefficient (Wildman–Crippen LogP) is 2.91. The van der Waals surface area contributed by atoms with Crippen molar-refractivity contribution in [1.82, 2.24) is 20.2 Å². The van der Waals surface area contributed by atoms with Gasteiger partial charge in [-0.3, -0.25) is 9.59 Å². The molecule has 1 atom stereocenters. The van der Waals surface area contributed by atoms with Gasteiger partial charge in [-0.1, -0.05) is 12.1 Å². The van der Waals surface area contributed by atoms with Crippen molar-refractivity contribution in [3.8, 4) is 11.6 Å². The first-order valence-corrected chi connectivity index (χ1v) is 9.26. The van der Waals surface area contributed by atoms with Gasteiger partial charge in [-0.2, -0.15) is 4.98 Å². The summed E-state index contributed by atoms with van der Waals surface area (Å²) in [5.41, 5.74) is 0.663. The van der Waals surface area contributed by atoms with Gasteiger partial charge in [0.15, 0.2) is 17.4 Å². The number of carbonyl (C=O) groups is 2. The molecule has 28 heavy (non-hydrogen) atoms. The topological polar surface area (TPSA) is 84.4 Å². The summed E-state index contributed by atoms with van der Waals surface area (Å²) < 4.78 is 19.5. The molecule has 0 aliphatic carbocycles. The summed E-state index contributed by atoms with van der Waals surface area (Å²) in [6.45, 7) is 3.68. The summed E-state index contributed by atoms with van der Waals surface area (Å²) in [5, 5.41) is 2.54. The summed E-state index contributed by atoms with van der Waals surface area (Å²) in [5.74, 6) is -0.149. The van der Waals surface area contributed by atoms with E-state index < -0.39 is 5.82 Å². The highest BCUT2D eigenvalue weighted by molar-refractivity contribution is 5.84. The lowest BCUT2D eigenvalue weighted by atomic mass is 10.0. The number of hydrogen-bond donors (Lipinski definition) is 1. The van der Waals surface area contributed by atoms with Gasteiger partial charge in [-0.05, 0) is 38.3 Å². The van der Waals surface area contributed by atoms with Crippen molar-refractivity contribution in [1.29, 1.82) is 0 Å². The fourth-order valence-corrected chi connectivity index (χ4v) is 3.20. The number of carbonyl (C=O) groups excluding carboxylic acids is 2. The van der Waals surface area contributed by atoms with E-state index in [2.05, 4.69) is 15.3 Å². The molecule has 1 fully saturated rings. The molecule has 0 spiro atoms. The first-order valence-electron chi connectivity index (χ1n) is 9.26. The van der Waals surface area contributed by atoms with Crippen LogP contribution in [0.5, 0.6) is 11.6 Å². The average molecular weight is 386 g/mol. The number of likely N-dealkylation sites (tertiary alicyclic amines) is 1. The number of aromatic nitrogens is 2. The van der Waals surface area contributed by atoms with Crippen molar-refractivity contribution in [3.05, 3.63) is 47.7 Å². The zero-order valence-electron chi connectivity index (χ0n) is 15.9. The van der Waals surface area contributed by atoms with Crippen molar-refractivity contribution in [3.63, 3.8) is 0 Å². The molecule has 0 radical (unpaired) electrons. The zero-order valence-corrected chi connectivity index (χ0v) is 15.9. The molecule has 1 aliphatic rings. The number of piperidine rings is 1. The normalized spacial score (nSPS) is 16.5. The number of aryl methyl sites for hydroxylation is 1. The second kappa shape index (κ2) is 8.77. The molecule has 1 saturated heterocycles. The van der Waals surface area contributed by atoms with Gasteiger partial charge >= 0.3 is 0 Å². The van der Waals surface area contributed by atoms with Crippen LogP contribution in [-0.2, 0) is 9.59 Å². The Morgan fingerprint density at radius 1 is 1.29 bits per heavy atom. The SMILES string of the molecule is CC(=O)NCC(=O)N1CCCCC1c1nc(C)cc(Oc2ccccc2F)n1. The van der Waals surface area contributed by atoms with E-state index >= 15 is 0 Å². The van der Waals surface area contributed by atoms with Crippen molar-refractivity contribution < 1.29 is 18.7 Å². The summed E-state index contributed by atoms with van der Waals surface area (Å²) in [6.07, 6.45) is 2.54. The fraction of sp³-hybridized carbons (Fsp3) is 0.400. The maximum absolute atomic E-state index is 13.9. The maximum atomic E-state index is 13.9. The zero-order chi connectivity index (χ0) is 20.1. The van der Waals surface area contributed by atoms with Crippen LogP contribution in [0.3, 0.4) is 0 Å². The Hall–Kier alpha value is -3.03. The first kappa shape index (κ1) is 19.7. The Kier molecular flexibility index (Phi) is 6.18. The highest BCUT2D eigenvalue weighted by Gasteiger charge is 2.30. The van der Waals surface area contributed by atoms with Gasteiger partial charge in [-0.25, -0.2) is 9.37 Å². The molecule has 2 aromatic rings. The molecular weight excluding hydrogens is 363 g/mol. The third kappa shape index (κ3) is 4.82. The Bertz CT molecular complexity index is 874. The largest absolute Gasteiger partial charge is 0.436 e. The molecule has 8 heteroatoms. The summed E-state index contributed by atoms with van der Waals surface area (Å²) in [4.78, 5) is 34.3. The van der Waals surface area contributed by atoms with Gasteiger partial charge in [-0.15, -0.1) is 0 Å². The second-order valence-corrected chi connectivity index (χ2v) is 6.75. The molecule has 1 aliphatic heterocycles. The van der Waals surface area contributed by atoms with E-state index in [9.17, 15) is 14.0 Å². The van der Waals surface area contributed by atoms with Gasteiger partial charge in [0.1, 0.15) is 0 Å². The minimum atomic E-state index is -0.481. The van der Waals surface area contributed by atoms with Crippen LogP contribution in [-0.4, -0.2) is 39.8 Å². The molecule has 1 aromatic carbocycles. The van der Waals surface area contributed by atoms with Crippen molar-refractivity contribution >= 4 is 11.8 Å². The fourth-order valence-electron chi connectivity index (χ4n) is 3.20. The minimum Gasteiger partial charge on any atom is -0.436 e. The lowest BCUT2D eigenvalue weighted by Gasteiger charge is -2.35. The first-order chi connectivity index (χ1) is 13.4. The number of nitrogens with one attached hydrogen (secondary N) is 1. The third-order valence-corrected chi connectivity index (χ3v) is 4.51. The van der Waals surface area contributed by atoms with E-state index in [4.69, 9.17) is 4.74 Å². The van der Waals surface area contributed by atoms with Gasteiger partial charge in [0.05, 0.1) is 12.6 Å².